The van der Waals surface area contributed by atoms with Crippen LogP contribution in [0.3, 0.4) is 0 Å². The van der Waals surface area contributed by atoms with Crippen molar-refractivity contribution in [2.45, 2.75) is 25.8 Å². The normalized spacial score (nSPS) is 12.1. The maximum absolute atomic E-state index is 12.4. The number of fused-ring (bicyclic) bond motifs is 1. The number of carboxylic acid groups (broad SMARTS) is 1. The Bertz CT molecular complexity index is 779. The molecule has 0 spiro atoms. The van der Waals surface area contributed by atoms with Gasteiger partial charge in [-0.15, -0.1) is 0 Å². The standard InChI is InChI=1S/C16H18N2O4/c1-3-6-12(16(21)22)17-15(20)11-9-14(19)18(2)13-8-5-4-7-10(11)13/h4-5,7-9,12H,3,6H2,1-2H3,(H,17,20)(H,21,22). The third-order valence-electron chi connectivity index (χ3n) is 3.58. The van der Waals surface area contributed by atoms with Crippen LogP contribution < -0.4 is 10.9 Å². The lowest BCUT2D eigenvalue weighted by molar-refractivity contribution is -0.139. The van der Waals surface area contributed by atoms with Gasteiger partial charge in [-0.1, -0.05) is 31.5 Å². The van der Waals surface area contributed by atoms with Crippen LogP contribution in [-0.2, 0) is 11.8 Å². The van der Waals surface area contributed by atoms with E-state index in [1.165, 1.54) is 10.6 Å². The zero-order valence-electron chi connectivity index (χ0n) is 12.5. The van der Waals surface area contributed by atoms with E-state index in [1.807, 2.05) is 6.92 Å². The van der Waals surface area contributed by atoms with Crippen LogP contribution in [0.25, 0.3) is 10.9 Å². The second-order valence-corrected chi connectivity index (χ2v) is 5.13. The van der Waals surface area contributed by atoms with Crippen molar-refractivity contribution in [3.05, 3.63) is 46.2 Å². The minimum atomic E-state index is -1.08. The predicted molar refractivity (Wildman–Crippen MR) is 83.0 cm³/mol. The Hall–Kier alpha value is -2.63. The number of pyridine rings is 1. The molecular weight excluding hydrogens is 284 g/mol. The number of rotatable bonds is 5. The van der Waals surface area contributed by atoms with Crippen LogP contribution in [0.2, 0.25) is 0 Å². The molecule has 2 N–H and O–H groups in total. The summed E-state index contributed by atoms with van der Waals surface area (Å²) in [6, 6.07) is 7.31. The summed E-state index contributed by atoms with van der Waals surface area (Å²) >= 11 is 0. The molecule has 6 heteroatoms. The Labute approximate surface area is 127 Å². The molecule has 6 nitrogen and oxygen atoms in total. The summed E-state index contributed by atoms with van der Waals surface area (Å²) in [6.07, 6.45) is 0.971. The summed E-state index contributed by atoms with van der Waals surface area (Å²) in [5.74, 6) is -1.63. The number of carbonyl (C=O) groups excluding carboxylic acids is 1. The van der Waals surface area contributed by atoms with Crippen molar-refractivity contribution in [1.82, 2.24) is 9.88 Å². The average molecular weight is 302 g/mol. The van der Waals surface area contributed by atoms with E-state index >= 15 is 0 Å². The van der Waals surface area contributed by atoms with Crippen molar-refractivity contribution in [3.63, 3.8) is 0 Å². The third kappa shape index (κ3) is 3.00. The van der Waals surface area contributed by atoms with Gasteiger partial charge in [0.1, 0.15) is 6.04 Å². The lowest BCUT2D eigenvalue weighted by Gasteiger charge is -2.15. The van der Waals surface area contributed by atoms with Gasteiger partial charge >= 0.3 is 5.97 Å². The molecule has 2 rings (SSSR count). The van der Waals surface area contributed by atoms with Crippen molar-refractivity contribution >= 4 is 22.8 Å². The molecule has 0 saturated carbocycles. The quantitative estimate of drug-likeness (QED) is 0.876. The zero-order chi connectivity index (χ0) is 16.3. The van der Waals surface area contributed by atoms with Gasteiger partial charge in [0, 0.05) is 18.5 Å². The summed E-state index contributed by atoms with van der Waals surface area (Å²) in [6.45, 7) is 1.84. The molecule has 22 heavy (non-hydrogen) atoms. The van der Waals surface area contributed by atoms with Gasteiger partial charge < -0.3 is 15.0 Å². The Morgan fingerprint density at radius 1 is 1.32 bits per heavy atom. The summed E-state index contributed by atoms with van der Waals surface area (Å²) in [5, 5.41) is 12.2. The third-order valence-corrected chi connectivity index (χ3v) is 3.58. The van der Waals surface area contributed by atoms with E-state index in [4.69, 9.17) is 5.11 Å². The fourth-order valence-electron chi connectivity index (χ4n) is 2.38. The molecule has 0 aliphatic heterocycles. The molecule has 0 bridgehead atoms. The Balaban J connectivity index is 2.46. The number of para-hydroxylation sites is 1. The number of carboxylic acids is 1. The minimum Gasteiger partial charge on any atom is -0.480 e. The van der Waals surface area contributed by atoms with Crippen LogP contribution in [0, 0.1) is 0 Å². The molecule has 1 unspecified atom stereocenters. The minimum absolute atomic E-state index is 0.195. The van der Waals surface area contributed by atoms with Gasteiger partial charge in [-0.2, -0.15) is 0 Å². The van der Waals surface area contributed by atoms with Crippen LogP contribution in [-0.4, -0.2) is 27.6 Å². The van der Waals surface area contributed by atoms with E-state index in [0.717, 1.165) is 0 Å². The first-order chi connectivity index (χ1) is 10.5. The van der Waals surface area contributed by atoms with Crippen LogP contribution in [0.15, 0.2) is 35.1 Å². The van der Waals surface area contributed by atoms with Gasteiger partial charge in [-0.3, -0.25) is 9.59 Å². The van der Waals surface area contributed by atoms with Crippen LogP contribution in [0.1, 0.15) is 30.1 Å². The first-order valence-electron chi connectivity index (χ1n) is 7.08. The highest BCUT2D eigenvalue weighted by molar-refractivity contribution is 6.07. The van der Waals surface area contributed by atoms with Gasteiger partial charge in [-0.05, 0) is 12.5 Å². The van der Waals surface area contributed by atoms with Crippen LogP contribution >= 0.6 is 0 Å². The van der Waals surface area contributed by atoms with E-state index in [1.54, 1.807) is 31.3 Å². The largest absolute Gasteiger partial charge is 0.480 e. The lowest BCUT2D eigenvalue weighted by Crippen LogP contribution is -2.41. The maximum Gasteiger partial charge on any atom is 0.326 e. The number of hydrogen-bond acceptors (Lipinski definition) is 3. The summed E-state index contributed by atoms with van der Waals surface area (Å²) in [5.41, 5.74) is 0.509. The van der Waals surface area contributed by atoms with E-state index in [0.29, 0.717) is 23.7 Å². The van der Waals surface area contributed by atoms with Gasteiger partial charge in [0.25, 0.3) is 11.5 Å². The summed E-state index contributed by atoms with van der Waals surface area (Å²) in [4.78, 5) is 35.5. The fourth-order valence-corrected chi connectivity index (χ4v) is 2.38. The van der Waals surface area contributed by atoms with E-state index in [9.17, 15) is 14.4 Å². The highest BCUT2D eigenvalue weighted by Gasteiger charge is 2.21. The molecular formula is C16H18N2O4. The summed E-state index contributed by atoms with van der Waals surface area (Å²) < 4.78 is 1.45. The Morgan fingerprint density at radius 2 is 2.00 bits per heavy atom. The Kier molecular flexibility index (Phi) is 4.60. The van der Waals surface area contributed by atoms with Crippen LogP contribution in [0.4, 0.5) is 0 Å². The SMILES string of the molecule is CCCC(NC(=O)c1cc(=O)n(C)c2ccccc12)C(=O)O. The number of hydrogen-bond donors (Lipinski definition) is 2. The van der Waals surface area contributed by atoms with Crippen LogP contribution in [0.5, 0.6) is 0 Å². The molecule has 1 aromatic carbocycles. The number of benzene rings is 1. The second-order valence-electron chi connectivity index (χ2n) is 5.13. The van der Waals surface area contributed by atoms with E-state index in [2.05, 4.69) is 5.32 Å². The second kappa shape index (κ2) is 6.43. The highest BCUT2D eigenvalue weighted by atomic mass is 16.4. The molecule has 1 atom stereocenters. The molecule has 0 radical (unpaired) electrons. The number of carbonyl (C=O) groups is 2. The molecule has 1 heterocycles. The van der Waals surface area contributed by atoms with Crippen molar-refractivity contribution in [2.24, 2.45) is 7.05 Å². The smallest absolute Gasteiger partial charge is 0.326 e. The monoisotopic (exact) mass is 302 g/mol. The van der Waals surface area contributed by atoms with Crippen molar-refractivity contribution in [1.29, 1.82) is 0 Å². The molecule has 2 aromatic rings. The van der Waals surface area contributed by atoms with Crippen molar-refractivity contribution < 1.29 is 14.7 Å². The number of aryl methyl sites for hydroxylation is 1. The fraction of sp³-hybridized carbons (Fsp3) is 0.312. The average Bonchev–Trinajstić information content (AvgIpc) is 2.50. The van der Waals surface area contributed by atoms with Gasteiger partial charge in [0.2, 0.25) is 0 Å². The van der Waals surface area contributed by atoms with Gasteiger partial charge in [0.15, 0.2) is 0 Å². The molecule has 0 aliphatic rings. The zero-order valence-corrected chi connectivity index (χ0v) is 12.5. The molecule has 1 amide bonds. The van der Waals surface area contributed by atoms with Crippen molar-refractivity contribution in [3.8, 4) is 0 Å². The lowest BCUT2D eigenvalue weighted by atomic mass is 10.1. The number of aliphatic carboxylic acids is 1. The number of amides is 1. The molecule has 1 aromatic heterocycles. The maximum atomic E-state index is 12.4. The predicted octanol–water partition coefficient (Wildman–Crippen LogP) is 1.52. The first kappa shape index (κ1) is 15.8. The van der Waals surface area contributed by atoms with Crippen molar-refractivity contribution in [2.75, 3.05) is 0 Å². The topological polar surface area (TPSA) is 88.4 Å². The van der Waals surface area contributed by atoms with Gasteiger partial charge in [-0.25, -0.2) is 4.79 Å². The molecule has 116 valence electrons. The molecule has 0 aliphatic carbocycles. The molecule has 0 saturated heterocycles. The summed E-state index contributed by atoms with van der Waals surface area (Å²) in [7, 11) is 1.63. The number of aromatic nitrogens is 1. The number of nitrogens with one attached hydrogen (secondary N) is 1. The first-order valence-corrected chi connectivity index (χ1v) is 7.08. The van der Waals surface area contributed by atoms with E-state index in [-0.39, 0.29) is 11.1 Å². The molecule has 0 fully saturated rings. The van der Waals surface area contributed by atoms with Gasteiger partial charge in [0.05, 0.1) is 11.1 Å². The highest BCUT2D eigenvalue weighted by Crippen LogP contribution is 2.16. The Morgan fingerprint density at radius 3 is 2.64 bits per heavy atom. The number of nitrogens with zero attached hydrogens (tertiary/aromatic N) is 1. The van der Waals surface area contributed by atoms with E-state index < -0.39 is 17.9 Å².